The molecule has 6 heteroatoms. The van der Waals surface area contributed by atoms with Gasteiger partial charge in [-0.15, -0.1) is 5.10 Å². The van der Waals surface area contributed by atoms with Gasteiger partial charge >= 0.3 is 0 Å². The van der Waals surface area contributed by atoms with Gasteiger partial charge in [-0.2, -0.15) is 0 Å². The first-order chi connectivity index (χ1) is 8.61. The molecule has 1 aromatic heterocycles. The highest BCUT2D eigenvalue weighted by Crippen LogP contribution is 2.16. The summed E-state index contributed by atoms with van der Waals surface area (Å²) in [6.07, 6.45) is 0. The van der Waals surface area contributed by atoms with Crippen LogP contribution in [-0.4, -0.2) is 21.8 Å². The zero-order valence-electron chi connectivity index (χ0n) is 10.4. The van der Waals surface area contributed by atoms with Crippen LogP contribution >= 0.6 is 28.1 Å². The lowest BCUT2D eigenvalue weighted by atomic mass is 10.2. The molecule has 0 spiro atoms. The minimum atomic E-state index is 0.661. The minimum Gasteiger partial charge on any atom is -0.340 e. The first-order valence-corrected chi connectivity index (χ1v) is 6.92. The van der Waals surface area contributed by atoms with Gasteiger partial charge in [-0.1, -0.05) is 28.1 Å². The van der Waals surface area contributed by atoms with Gasteiger partial charge in [0.2, 0.25) is 5.95 Å². The van der Waals surface area contributed by atoms with Crippen LogP contribution in [0.5, 0.6) is 0 Å². The third kappa shape index (κ3) is 2.81. The second-order valence-corrected chi connectivity index (χ2v) is 5.36. The molecule has 0 unspecified atom stereocenters. The van der Waals surface area contributed by atoms with Gasteiger partial charge in [0.05, 0.1) is 0 Å². The smallest absolute Gasteiger partial charge is 0.225 e. The Balaban J connectivity index is 2.21. The van der Waals surface area contributed by atoms with Crippen molar-refractivity contribution in [3.63, 3.8) is 0 Å². The highest BCUT2D eigenvalue weighted by atomic mass is 79.9. The molecule has 2 rings (SSSR count). The number of anilines is 1. The topological polar surface area (TPSA) is 36.9 Å². The predicted molar refractivity (Wildman–Crippen MR) is 79.3 cm³/mol. The number of H-pyrrole nitrogens is 1. The zero-order chi connectivity index (χ0) is 13.1. The minimum absolute atomic E-state index is 0.661. The predicted octanol–water partition coefficient (Wildman–Crippen LogP) is 3.36. The van der Waals surface area contributed by atoms with Crippen molar-refractivity contribution in [1.82, 2.24) is 14.8 Å². The normalized spacial score (nSPS) is 10.6. The molecule has 96 valence electrons. The van der Waals surface area contributed by atoms with E-state index in [-0.39, 0.29) is 0 Å². The SMILES string of the molecule is CCn1c(N(C)Cc2cccc(Br)c2)n[nH]c1=S. The monoisotopic (exact) mass is 326 g/mol. The van der Waals surface area contributed by atoms with Crippen molar-refractivity contribution < 1.29 is 0 Å². The number of hydrogen-bond acceptors (Lipinski definition) is 3. The molecular formula is C12H15BrN4S. The third-order valence-electron chi connectivity index (χ3n) is 2.70. The molecule has 0 saturated heterocycles. The van der Waals surface area contributed by atoms with Gasteiger partial charge in [0.1, 0.15) is 0 Å². The average molecular weight is 327 g/mol. The van der Waals surface area contributed by atoms with Crippen LogP contribution in [-0.2, 0) is 13.1 Å². The van der Waals surface area contributed by atoms with Crippen molar-refractivity contribution in [3.05, 3.63) is 39.1 Å². The number of aromatic amines is 1. The first kappa shape index (κ1) is 13.3. The number of nitrogens with zero attached hydrogens (tertiary/aromatic N) is 3. The molecule has 1 aromatic carbocycles. The van der Waals surface area contributed by atoms with Gasteiger partial charge in [0.25, 0.3) is 0 Å². The van der Waals surface area contributed by atoms with Crippen molar-refractivity contribution in [2.45, 2.75) is 20.0 Å². The summed E-state index contributed by atoms with van der Waals surface area (Å²) in [7, 11) is 2.01. The van der Waals surface area contributed by atoms with Crippen LogP contribution in [0.4, 0.5) is 5.95 Å². The molecule has 0 aliphatic heterocycles. The number of benzene rings is 1. The molecule has 0 aliphatic rings. The van der Waals surface area contributed by atoms with Crippen LogP contribution in [0.25, 0.3) is 0 Å². The second-order valence-electron chi connectivity index (χ2n) is 4.06. The fourth-order valence-electron chi connectivity index (χ4n) is 1.87. The molecule has 0 radical (unpaired) electrons. The lowest BCUT2D eigenvalue weighted by Gasteiger charge is -2.18. The number of nitrogens with one attached hydrogen (secondary N) is 1. The van der Waals surface area contributed by atoms with Crippen molar-refractivity contribution in [1.29, 1.82) is 0 Å². The first-order valence-electron chi connectivity index (χ1n) is 5.72. The molecule has 2 aromatic rings. The van der Waals surface area contributed by atoms with Gasteiger partial charge in [-0.3, -0.25) is 4.57 Å². The van der Waals surface area contributed by atoms with Crippen molar-refractivity contribution in [3.8, 4) is 0 Å². The van der Waals surface area contributed by atoms with Crippen LogP contribution in [0.15, 0.2) is 28.7 Å². The molecule has 0 aliphatic carbocycles. The molecule has 18 heavy (non-hydrogen) atoms. The summed E-state index contributed by atoms with van der Waals surface area (Å²) in [5, 5.41) is 7.10. The van der Waals surface area contributed by atoms with Crippen LogP contribution < -0.4 is 4.90 Å². The van der Waals surface area contributed by atoms with E-state index in [1.807, 2.05) is 23.7 Å². The molecule has 4 nitrogen and oxygen atoms in total. The van der Waals surface area contributed by atoms with Crippen LogP contribution in [0.2, 0.25) is 0 Å². The van der Waals surface area contributed by atoms with Crippen molar-refractivity contribution >= 4 is 34.1 Å². The van der Waals surface area contributed by atoms with Crippen molar-refractivity contribution in [2.75, 3.05) is 11.9 Å². The van der Waals surface area contributed by atoms with E-state index >= 15 is 0 Å². The summed E-state index contributed by atoms with van der Waals surface area (Å²) in [5.74, 6) is 0.863. The van der Waals surface area contributed by atoms with E-state index in [1.165, 1.54) is 5.56 Å². The molecular weight excluding hydrogens is 312 g/mol. The second kappa shape index (κ2) is 5.67. The molecule has 0 amide bonds. The maximum absolute atomic E-state index is 5.19. The van der Waals surface area contributed by atoms with E-state index in [0.29, 0.717) is 4.77 Å². The van der Waals surface area contributed by atoms with E-state index < -0.39 is 0 Å². The van der Waals surface area contributed by atoms with E-state index in [4.69, 9.17) is 12.2 Å². The molecule has 0 fully saturated rings. The third-order valence-corrected chi connectivity index (χ3v) is 3.51. The quantitative estimate of drug-likeness (QED) is 0.875. The van der Waals surface area contributed by atoms with Crippen LogP contribution in [0.1, 0.15) is 12.5 Å². The standard InChI is InChI=1S/C12H15BrN4S/c1-3-17-11(14-15-12(17)18)16(2)8-9-5-4-6-10(13)7-9/h4-7H,3,8H2,1-2H3,(H,15,18). The Bertz CT molecular complexity index is 590. The fourth-order valence-corrected chi connectivity index (χ4v) is 2.57. The summed E-state index contributed by atoms with van der Waals surface area (Å²) in [6, 6.07) is 8.25. The summed E-state index contributed by atoms with van der Waals surface area (Å²) >= 11 is 8.67. The Hall–Kier alpha value is -1.14. The van der Waals surface area contributed by atoms with Crippen molar-refractivity contribution in [2.24, 2.45) is 0 Å². The van der Waals surface area contributed by atoms with Gasteiger partial charge < -0.3 is 4.90 Å². The fraction of sp³-hybridized carbons (Fsp3) is 0.333. The van der Waals surface area contributed by atoms with E-state index in [1.54, 1.807) is 0 Å². The Morgan fingerprint density at radius 3 is 2.94 bits per heavy atom. The van der Waals surface area contributed by atoms with Gasteiger partial charge in [0.15, 0.2) is 4.77 Å². The molecule has 0 bridgehead atoms. The van der Waals surface area contributed by atoms with Crippen LogP contribution in [0, 0.1) is 4.77 Å². The maximum atomic E-state index is 5.19. The Morgan fingerprint density at radius 1 is 1.50 bits per heavy atom. The Morgan fingerprint density at radius 2 is 2.28 bits per heavy atom. The summed E-state index contributed by atoms with van der Waals surface area (Å²) in [6.45, 7) is 3.66. The summed E-state index contributed by atoms with van der Waals surface area (Å²) in [5.41, 5.74) is 1.23. The highest BCUT2D eigenvalue weighted by Gasteiger charge is 2.10. The number of halogens is 1. The van der Waals surface area contributed by atoms with Gasteiger partial charge in [-0.05, 0) is 36.8 Å². The lowest BCUT2D eigenvalue weighted by molar-refractivity contribution is 0.717. The lowest BCUT2D eigenvalue weighted by Crippen LogP contribution is -2.20. The molecule has 1 N–H and O–H groups in total. The van der Waals surface area contributed by atoms with E-state index in [0.717, 1.165) is 23.5 Å². The average Bonchev–Trinajstić information content (AvgIpc) is 2.70. The van der Waals surface area contributed by atoms with Gasteiger partial charge in [-0.25, -0.2) is 5.10 Å². The highest BCUT2D eigenvalue weighted by molar-refractivity contribution is 9.10. The van der Waals surface area contributed by atoms with E-state index in [9.17, 15) is 0 Å². The largest absolute Gasteiger partial charge is 0.340 e. The molecule has 1 heterocycles. The summed E-state index contributed by atoms with van der Waals surface area (Å²) < 4.78 is 3.73. The summed E-state index contributed by atoms with van der Waals surface area (Å²) in [4.78, 5) is 2.08. The maximum Gasteiger partial charge on any atom is 0.225 e. The Kier molecular flexibility index (Phi) is 4.19. The number of rotatable bonds is 4. The Labute approximate surface area is 120 Å². The van der Waals surface area contributed by atoms with E-state index in [2.05, 4.69) is 50.1 Å². The number of aromatic nitrogens is 3. The zero-order valence-corrected chi connectivity index (χ0v) is 12.8. The molecule has 0 saturated carbocycles. The number of hydrogen-bond donors (Lipinski definition) is 1. The van der Waals surface area contributed by atoms with Gasteiger partial charge in [0, 0.05) is 24.6 Å². The molecule has 0 atom stereocenters. The van der Waals surface area contributed by atoms with Crippen LogP contribution in [0.3, 0.4) is 0 Å².